The van der Waals surface area contributed by atoms with Crippen LogP contribution in [-0.4, -0.2) is 58.6 Å². The van der Waals surface area contributed by atoms with Crippen LogP contribution in [0.5, 0.6) is 11.5 Å². The van der Waals surface area contributed by atoms with E-state index >= 15 is 0 Å². The van der Waals surface area contributed by atoms with Gasteiger partial charge in [-0.1, -0.05) is 18.2 Å². The second-order valence-electron chi connectivity index (χ2n) is 7.95. The number of anilines is 1. The van der Waals surface area contributed by atoms with Crippen LogP contribution in [0, 0.1) is 5.82 Å². The van der Waals surface area contributed by atoms with E-state index in [-0.39, 0.29) is 17.5 Å². The summed E-state index contributed by atoms with van der Waals surface area (Å²) < 4.78 is 26.0. The normalized spacial score (nSPS) is 14.1. The molecule has 2 aromatic carbocycles. The SMILES string of the molecule is COc1ccc(NC(=O)CSc2nnc(CN3CCCCC3)n2-c2ccc(F)cc2)c(OC)c1. The molecule has 4 rings (SSSR count). The number of hydrogen-bond acceptors (Lipinski definition) is 7. The first kappa shape index (κ1) is 24.0. The molecule has 2 heterocycles. The molecule has 180 valence electrons. The molecular formula is C24H28FN5O3S. The first-order chi connectivity index (χ1) is 16.6. The third kappa shape index (κ3) is 5.87. The molecule has 1 aliphatic heterocycles. The Balaban J connectivity index is 1.50. The molecule has 1 aliphatic rings. The summed E-state index contributed by atoms with van der Waals surface area (Å²) in [5.74, 6) is 1.52. The highest BCUT2D eigenvalue weighted by molar-refractivity contribution is 7.99. The van der Waals surface area contributed by atoms with E-state index in [2.05, 4.69) is 20.4 Å². The summed E-state index contributed by atoms with van der Waals surface area (Å²) >= 11 is 1.28. The van der Waals surface area contributed by atoms with E-state index in [9.17, 15) is 9.18 Å². The second kappa shape index (κ2) is 11.3. The van der Waals surface area contributed by atoms with Crippen LogP contribution in [-0.2, 0) is 11.3 Å². The van der Waals surface area contributed by atoms with E-state index in [1.165, 1.54) is 50.3 Å². The van der Waals surface area contributed by atoms with E-state index in [4.69, 9.17) is 9.47 Å². The number of carbonyl (C=O) groups is 1. The molecule has 0 bridgehead atoms. The number of ether oxygens (including phenoxy) is 2. The van der Waals surface area contributed by atoms with E-state index in [0.29, 0.717) is 28.9 Å². The van der Waals surface area contributed by atoms with Gasteiger partial charge in [-0.3, -0.25) is 14.3 Å². The maximum atomic E-state index is 13.5. The number of carbonyl (C=O) groups excluding carboxylic acids is 1. The smallest absolute Gasteiger partial charge is 0.234 e. The van der Waals surface area contributed by atoms with Gasteiger partial charge in [0.2, 0.25) is 5.91 Å². The third-order valence-corrected chi connectivity index (χ3v) is 6.54. The summed E-state index contributed by atoms with van der Waals surface area (Å²) in [6.07, 6.45) is 3.58. The minimum absolute atomic E-state index is 0.123. The molecule has 34 heavy (non-hydrogen) atoms. The molecule has 0 saturated carbocycles. The molecule has 1 amide bonds. The summed E-state index contributed by atoms with van der Waals surface area (Å²) in [5, 5.41) is 12.2. The Morgan fingerprint density at radius 2 is 1.82 bits per heavy atom. The average Bonchev–Trinajstić information content (AvgIpc) is 3.26. The van der Waals surface area contributed by atoms with Crippen molar-refractivity contribution < 1.29 is 18.7 Å². The van der Waals surface area contributed by atoms with Crippen LogP contribution in [0.25, 0.3) is 5.69 Å². The fourth-order valence-corrected chi connectivity index (χ4v) is 4.65. The predicted octanol–water partition coefficient (Wildman–Crippen LogP) is 4.14. The van der Waals surface area contributed by atoms with Crippen LogP contribution in [0.2, 0.25) is 0 Å². The van der Waals surface area contributed by atoms with Crippen LogP contribution < -0.4 is 14.8 Å². The zero-order chi connectivity index (χ0) is 23.9. The number of nitrogens with one attached hydrogen (secondary N) is 1. The monoisotopic (exact) mass is 485 g/mol. The fraction of sp³-hybridized carbons (Fsp3) is 0.375. The molecule has 10 heteroatoms. The zero-order valence-corrected chi connectivity index (χ0v) is 20.1. The maximum Gasteiger partial charge on any atom is 0.234 e. The Hall–Kier alpha value is -3.11. The molecule has 1 fully saturated rings. The number of amides is 1. The minimum atomic E-state index is -0.309. The van der Waals surface area contributed by atoms with Crippen molar-refractivity contribution in [3.8, 4) is 17.2 Å². The largest absolute Gasteiger partial charge is 0.497 e. The van der Waals surface area contributed by atoms with Gasteiger partial charge in [0.1, 0.15) is 17.3 Å². The predicted molar refractivity (Wildman–Crippen MR) is 129 cm³/mol. The molecule has 8 nitrogen and oxygen atoms in total. The number of aromatic nitrogens is 3. The summed E-state index contributed by atoms with van der Waals surface area (Å²) in [6, 6.07) is 11.4. The molecule has 0 unspecified atom stereocenters. The Labute approximate surface area is 202 Å². The van der Waals surface area contributed by atoms with Gasteiger partial charge in [0, 0.05) is 11.8 Å². The van der Waals surface area contributed by atoms with Crippen molar-refractivity contribution >= 4 is 23.4 Å². The van der Waals surface area contributed by atoms with Gasteiger partial charge >= 0.3 is 0 Å². The van der Waals surface area contributed by atoms with Gasteiger partial charge in [-0.15, -0.1) is 10.2 Å². The molecule has 1 N–H and O–H groups in total. The fourth-order valence-electron chi connectivity index (χ4n) is 3.88. The molecule has 1 aromatic heterocycles. The molecule has 0 radical (unpaired) electrons. The van der Waals surface area contributed by atoms with Crippen molar-refractivity contribution in [1.29, 1.82) is 0 Å². The Morgan fingerprint density at radius 3 is 2.53 bits per heavy atom. The first-order valence-electron chi connectivity index (χ1n) is 11.1. The van der Waals surface area contributed by atoms with E-state index in [1.807, 2.05) is 4.57 Å². The highest BCUT2D eigenvalue weighted by Crippen LogP contribution is 2.30. The number of benzene rings is 2. The topological polar surface area (TPSA) is 81.5 Å². The molecule has 0 aliphatic carbocycles. The lowest BCUT2D eigenvalue weighted by atomic mass is 10.1. The number of piperidine rings is 1. The molecular weight excluding hydrogens is 457 g/mol. The van der Waals surface area contributed by atoms with Crippen molar-refractivity contribution in [2.45, 2.75) is 31.0 Å². The summed E-state index contributed by atoms with van der Waals surface area (Å²) in [6.45, 7) is 2.69. The number of likely N-dealkylation sites (tertiary alicyclic amines) is 1. The number of halogens is 1. The average molecular weight is 486 g/mol. The van der Waals surface area contributed by atoms with Crippen LogP contribution >= 0.6 is 11.8 Å². The van der Waals surface area contributed by atoms with Gasteiger partial charge in [-0.05, 0) is 62.3 Å². The van der Waals surface area contributed by atoms with E-state index < -0.39 is 0 Å². The Kier molecular flexibility index (Phi) is 8.02. The molecule has 0 atom stereocenters. The number of thioether (sulfide) groups is 1. The van der Waals surface area contributed by atoms with Gasteiger partial charge < -0.3 is 14.8 Å². The Bertz CT molecular complexity index is 1120. The molecule has 1 saturated heterocycles. The minimum Gasteiger partial charge on any atom is -0.497 e. The second-order valence-corrected chi connectivity index (χ2v) is 8.89. The van der Waals surface area contributed by atoms with Gasteiger partial charge in [-0.25, -0.2) is 4.39 Å². The lowest BCUT2D eigenvalue weighted by molar-refractivity contribution is -0.113. The van der Waals surface area contributed by atoms with Crippen molar-refractivity contribution in [1.82, 2.24) is 19.7 Å². The number of hydrogen-bond donors (Lipinski definition) is 1. The lowest BCUT2D eigenvalue weighted by Crippen LogP contribution is -2.30. The quantitative estimate of drug-likeness (QED) is 0.456. The number of methoxy groups -OCH3 is 2. The summed E-state index contributed by atoms with van der Waals surface area (Å²) in [4.78, 5) is 15.0. The van der Waals surface area contributed by atoms with Gasteiger partial charge in [0.15, 0.2) is 11.0 Å². The van der Waals surface area contributed by atoms with Gasteiger partial charge in [0.05, 0.1) is 32.2 Å². The van der Waals surface area contributed by atoms with Crippen molar-refractivity contribution in [3.63, 3.8) is 0 Å². The summed E-state index contributed by atoms with van der Waals surface area (Å²) in [7, 11) is 3.11. The van der Waals surface area contributed by atoms with E-state index in [0.717, 1.165) is 24.6 Å². The van der Waals surface area contributed by atoms with Crippen molar-refractivity contribution in [2.75, 3.05) is 38.4 Å². The molecule has 3 aromatic rings. The number of rotatable bonds is 9. The van der Waals surface area contributed by atoms with Crippen LogP contribution in [0.4, 0.5) is 10.1 Å². The van der Waals surface area contributed by atoms with Crippen molar-refractivity contribution in [2.24, 2.45) is 0 Å². The lowest BCUT2D eigenvalue weighted by Gasteiger charge is -2.26. The highest BCUT2D eigenvalue weighted by Gasteiger charge is 2.20. The third-order valence-electron chi connectivity index (χ3n) is 5.61. The van der Waals surface area contributed by atoms with Gasteiger partial charge in [0.25, 0.3) is 0 Å². The zero-order valence-electron chi connectivity index (χ0n) is 19.3. The van der Waals surface area contributed by atoms with Crippen LogP contribution in [0.3, 0.4) is 0 Å². The summed E-state index contributed by atoms with van der Waals surface area (Å²) in [5.41, 5.74) is 1.32. The number of nitrogens with zero attached hydrogens (tertiary/aromatic N) is 4. The Morgan fingerprint density at radius 1 is 1.06 bits per heavy atom. The van der Waals surface area contributed by atoms with Crippen LogP contribution in [0.15, 0.2) is 47.6 Å². The van der Waals surface area contributed by atoms with E-state index in [1.54, 1.807) is 37.4 Å². The molecule has 0 spiro atoms. The van der Waals surface area contributed by atoms with Crippen LogP contribution in [0.1, 0.15) is 25.1 Å². The van der Waals surface area contributed by atoms with Gasteiger partial charge in [-0.2, -0.15) is 0 Å². The standard InChI is InChI=1S/C24H28FN5O3S/c1-32-19-10-11-20(21(14-19)33-2)26-23(31)16-34-24-28-27-22(15-29-12-4-3-5-13-29)30(24)18-8-6-17(25)7-9-18/h6-11,14H,3-5,12-13,15-16H2,1-2H3,(H,26,31). The highest BCUT2D eigenvalue weighted by atomic mass is 32.2. The van der Waals surface area contributed by atoms with Crippen molar-refractivity contribution in [3.05, 3.63) is 54.1 Å². The first-order valence-corrected chi connectivity index (χ1v) is 12.1. The maximum absolute atomic E-state index is 13.5.